The van der Waals surface area contributed by atoms with Crippen molar-refractivity contribution in [2.45, 2.75) is 30.6 Å². The average Bonchev–Trinajstić information content (AvgIpc) is 3.55. The second-order valence-corrected chi connectivity index (χ2v) is 8.92. The molecule has 8 heteroatoms. The second kappa shape index (κ2) is 10.6. The molecule has 1 amide bonds. The average molecular weight is 472 g/mol. The quantitative estimate of drug-likeness (QED) is 0.338. The Bertz CT molecular complexity index is 1170. The number of hydrogen-bond acceptors (Lipinski definition) is 6. The van der Waals surface area contributed by atoms with Gasteiger partial charge in [-0.05, 0) is 49.2 Å². The number of carbonyl (C=O) groups excluding carboxylic acids is 1. The Labute approximate surface area is 202 Å². The third-order valence-corrected chi connectivity index (χ3v) is 6.62. The van der Waals surface area contributed by atoms with Crippen molar-refractivity contribution in [3.05, 3.63) is 85.2 Å². The lowest BCUT2D eigenvalue weighted by molar-refractivity contribution is -0.115. The molecule has 0 radical (unpaired) electrons. The molecule has 34 heavy (non-hydrogen) atoms. The van der Waals surface area contributed by atoms with Crippen molar-refractivity contribution >= 4 is 29.0 Å². The van der Waals surface area contributed by atoms with Gasteiger partial charge in [-0.1, -0.05) is 48.2 Å². The van der Waals surface area contributed by atoms with E-state index in [2.05, 4.69) is 19.7 Å². The van der Waals surface area contributed by atoms with Crippen molar-refractivity contribution in [2.24, 2.45) is 0 Å². The summed E-state index contributed by atoms with van der Waals surface area (Å²) in [5.74, 6) is 0.958. The van der Waals surface area contributed by atoms with Gasteiger partial charge in [0.1, 0.15) is 0 Å². The number of hydrogen-bond donors (Lipinski definition) is 0. The molecule has 1 unspecified atom stereocenters. The van der Waals surface area contributed by atoms with Gasteiger partial charge >= 0.3 is 0 Å². The maximum absolute atomic E-state index is 13.5. The van der Waals surface area contributed by atoms with Crippen molar-refractivity contribution in [3.63, 3.8) is 0 Å². The van der Waals surface area contributed by atoms with E-state index in [0.29, 0.717) is 11.7 Å². The van der Waals surface area contributed by atoms with Gasteiger partial charge in [0.15, 0.2) is 11.0 Å². The molecular weight excluding hydrogens is 446 g/mol. The fourth-order valence-corrected chi connectivity index (χ4v) is 4.85. The van der Waals surface area contributed by atoms with E-state index in [1.54, 1.807) is 17.3 Å². The van der Waals surface area contributed by atoms with E-state index in [1.165, 1.54) is 11.8 Å². The largest absolute Gasteiger partial charge is 0.376 e. The molecule has 0 spiro atoms. The summed E-state index contributed by atoms with van der Waals surface area (Å²) in [7, 11) is 0. The number of nitrogens with zero attached hydrogens (tertiary/aromatic N) is 5. The summed E-state index contributed by atoms with van der Waals surface area (Å²) >= 11 is 1.40. The molecule has 0 aliphatic carbocycles. The van der Waals surface area contributed by atoms with E-state index in [0.717, 1.165) is 42.2 Å². The lowest BCUT2D eigenvalue weighted by atomic mass is 10.2. The topological polar surface area (TPSA) is 73.1 Å². The summed E-state index contributed by atoms with van der Waals surface area (Å²) in [6.45, 7) is 1.43. The Hall–Kier alpha value is -3.49. The zero-order valence-electron chi connectivity index (χ0n) is 18.7. The molecule has 1 aliphatic heterocycles. The van der Waals surface area contributed by atoms with Crippen LogP contribution in [0.15, 0.2) is 90.3 Å². The van der Waals surface area contributed by atoms with E-state index in [4.69, 9.17) is 4.74 Å². The first kappa shape index (κ1) is 22.3. The lowest BCUT2D eigenvalue weighted by Crippen LogP contribution is -2.27. The SMILES string of the molecule is O=C(CSc1nnc(-c2ccncc2)n1CC1CCCO1)N(c1ccccc1)c1ccccc1. The Morgan fingerprint density at radius 2 is 1.65 bits per heavy atom. The van der Waals surface area contributed by atoms with Gasteiger partial charge in [0.05, 0.1) is 18.4 Å². The smallest absolute Gasteiger partial charge is 0.242 e. The predicted octanol–water partition coefficient (Wildman–Crippen LogP) is 4.98. The molecule has 7 nitrogen and oxygen atoms in total. The maximum atomic E-state index is 13.5. The van der Waals surface area contributed by atoms with Crippen molar-refractivity contribution in [1.29, 1.82) is 0 Å². The van der Waals surface area contributed by atoms with Crippen molar-refractivity contribution in [1.82, 2.24) is 19.7 Å². The standard InChI is InChI=1S/C26H25N5O2S/c32-24(31(21-8-3-1-4-9-21)22-10-5-2-6-11-22)19-34-26-29-28-25(20-13-15-27-16-14-20)30(26)18-23-12-7-17-33-23/h1-6,8-11,13-16,23H,7,12,17-19H2. The summed E-state index contributed by atoms with van der Waals surface area (Å²) in [4.78, 5) is 19.3. The molecule has 1 atom stereocenters. The molecule has 2 aromatic carbocycles. The number of rotatable bonds is 8. The normalized spacial score (nSPS) is 15.4. The number of thioether (sulfide) groups is 1. The molecule has 0 N–H and O–H groups in total. The van der Waals surface area contributed by atoms with Crippen LogP contribution in [-0.4, -0.2) is 44.1 Å². The summed E-state index contributed by atoms with van der Waals surface area (Å²) in [5, 5.41) is 9.60. The van der Waals surface area contributed by atoms with Crippen LogP contribution in [0.3, 0.4) is 0 Å². The van der Waals surface area contributed by atoms with E-state index in [-0.39, 0.29) is 17.8 Å². The molecular formula is C26H25N5O2S. The molecule has 1 saturated heterocycles. The fraction of sp³-hybridized carbons (Fsp3) is 0.231. The zero-order chi connectivity index (χ0) is 23.2. The van der Waals surface area contributed by atoms with E-state index in [1.807, 2.05) is 72.8 Å². The van der Waals surface area contributed by atoms with Crippen molar-refractivity contribution in [3.8, 4) is 11.4 Å². The van der Waals surface area contributed by atoms with E-state index in [9.17, 15) is 4.79 Å². The van der Waals surface area contributed by atoms with Gasteiger partial charge in [0, 0.05) is 35.9 Å². The molecule has 1 fully saturated rings. The van der Waals surface area contributed by atoms with Crippen molar-refractivity contribution < 1.29 is 9.53 Å². The Morgan fingerprint density at radius 3 is 2.26 bits per heavy atom. The van der Waals surface area contributed by atoms with Crippen LogP contribution in [-0.2, 0) is 16.1 Å². The van der Waals surface area contributed by atoms with Crippen LogP contribution in [0, 0.1) is 0 Å². The van der Waals surface area contributed by atoms with Crippen LogP contribution >= 0.6 is 11.8 Å². The van der Waals surface area contributed by atoms with Gasteiger partial charge in [0.25, 0.3) is 0 Å². The fourth-order valence-electron chi connectivity index (χ4n) is 4.05. The highest BCUT2D eigenvalue weighted by atomic mass is 32.2. The molecule has 0 saturated carbocycles. The summed E-state index contributed by atoms with van der Waals surface area (Å²) in [5.41, 5.74) is 2.60. The number of pyridine rings is 1. The van der Waals surface area contributed by atoms with E-state index < -0.39 is 0 Å². The maximum Gasteiger partial charge on any atom is 0.242 e. The number of carbonyl (C=O) groups is 1. The number of ether oxygens (including phenoxy) is 1. The molecule has 5 rings (SSSR count). The third-order valence-electron chi connectivity index (χ3n) is 5.67. The van der Waals surface area contributed by atoms with Crippen LogP contribution in [0.5, 0.6) is 0 Å². The summed E-state index contributed by atoms with van der Waals surface area (Å²) in [6, 6.07) is 23.2. The van der Waals surface area contributed by atoms with Crippen LogP contribution in [0.25, 0.3) is 11.4 Å². The molecule has 3 heterocycles. The first-order valence-electron chi connectivity index (χ1n) is 11.3. The first-order chi connectivity index (χ1) is 16.8. The van der Waals surface area contributed by atoms with Crippen LogP contribution in [0.1, 0.15) is 12.8 Å². The lowest BCUT2D eigenvalue weighted by Gasteiger charge is -2.23. The minimum Gasteiger partial charge on any atom is -0.376 e. The third kappa shape index (κ3) is 5.03. The van der Waals surface area contributed by atoms with Crippen molar-refractivity contribution in [2.75, 3.05) is 17.3 Å². The summed E-state index contributed by atoms with van der Waals surface area (Å²) < 4.78 is 7.95. The van der Waals surface area contributed by atoms with Gasteiger partial charge < -0.3 is 4.74 Å². The van der Waals surface area contributed by atoms with Gasteiger partial charge in [-0.25, -0.2) is 0 Å². The minimum absolute atomic E-state index is 0.0282. The number of amides is 1. The minimum atomic E-state index is -0.0282. The second-order valence-electron chi connectivity index (χ2n) is 7.98. The molecule has 2 aromatic heterocycles. The number of anilines is 2. The van der Waals surface area contributed by atoms with Crippen LogP contribution < -0.4 is 4.90 Å². The van der Waals surface area contributed by atoms with Crippen LogP contribution in [0.2, 0.25) is 0 Å². The van der Waals surface area contributed by atoms with Gasteiger partial charge in [-0.15, -0.1) is 10.2 Å². The summed E-state index contributed by atoms with van der Waals surface area (Å²) in [6.07, 6.45) is 5.67. The first-order valence-corrected chi connectivity index (χ1v) is 12.3. The predicted molar refractivity (Wildman–Crippen MR) is 133 cm³/mol. The Morgan fingerprint density at radius 1 is 0.971 bits per heavy atom. The van der Waals surface area contributed by atoms with Crippen LogP contribution in [0.4, 0.5) is 11.4 Å². The van der Waals surface area contributed by atoms with Gasteiger partial charge in [0.2, 0.25) is 5.91 Å². The monoisotopic (exact) mass is 471 g/mol. The van der Waals surface area contributed by atoms with Gasteiger partial charge in [-0.3, -0.25) is 19.2 Å². The highest BCUT2D eigenvalue weighted by molar-refractivity contribution is 7.99. The molecule has 1 aliphatic rings. The Kier molecular flexibility index (Phi) is 6.97. The number of para-hydroxylation sites is 2. The molecule has 172 valence electrons. The molecule has 4 aromatic rings. The zero-order valence-corrected chi connectivity index (χ0v) is 19.5. The number of benzene rings is 2. The molecule has 0 bridgehead atoms. The Balaban J connectivity index is 1.40. The number of aromatic nitrogens is 4. The highest BCUT2D eigenvalue weighted by Gasteiger charge is 2.24. The van der Waals surface area contributed by atoms with Gasteiger partial charge in [-0.2, -0.15) is 0 Å². The highest BCUT2D eigenvalue weighted by Crippen LogP contribution is 2.29. The van der Waals surface area contributed by atoms with E-state index >= 15 is 0 Å².